The van der Waals surface area contributed by atoms with Crippen LogP contribution in [-0.2, 0) is 16.1 Å². The van der Waals surface area contributed by atoms with Crippen LogP contribution in [-0.4, -0.2) is 35.1 Å². The molecule has 4 nitrogen and oxygen atoms in total. The highest BCUT2D eigenvalue weighted by Gasteiger charge is 2.25. The predicted molar refractivity (Wildman–Crippen MR) is 131 cm³/mol. The quantitative estimate of drug-likeness (QED) is 0.319. The maximum atomic E-state index is 13.1. The maximum Gasteiger partial charge on any atom is 0.242 e. The summed E-state index contributed by atoms with van der Waals surface area (Å²) in [6, 6.07) is 15.3. The van der Waals surface area contributed by atoms with Gasteiger partial charge in [0.15, 0.2) is 0 Å². The van der Waals surface area contributed by atoms with E-state index in [0.717, 1.165) is 40.5 Å². The molecule has 0 aliphatic carbocycles. The lowest BCUT2D eigenvalue weighted by atomic mass is 10.1. The number of carbonyl (C=O) groups excluding carboxylic acids is 2. The Bertz CT molecular complexity index is 824. The Balaban J connectivity index is 1.96. The number of thioether (sulfide) groups is 1. The largest absolute Gasteiger partial charge is 0.354 e. The van der Waals surface area contributed by atoms with Gasteiger partial charge in [-0.15, -0.1) is 11.8 Å². The molecule has 2 aromatic carbocycles. The highest BCUT2D eigenvalue weighted by atomic mass is 35.5. The van der Waals surface area contributed by atoms with E-state index in [0.29, 0.717) is 19.5 Å². The number of carbonyl (C=O) groups is 2. The molecule has 1 N–H and O–H groups in total. The first-order valence-electron chi connectivity index (χ1n) is 10.9. The molecular weight excluding hydrogens is 428 g/mol. The van der Waals surface area contributed by atoms with Crippen molar-refractivity contribution in [1.29, 1.82) is 0 Å². The second-order valence-electron chi connectivity index (χ2n) is 7.73. The third kappa shape index (κ3) is 8.96. The number of hydrogen-bond acceptors (Lipinski definition) is 3. The number of nitrogens with one attached hydrogen (secondary N) is 1. The number of rotatable bonds is 12. The van der Waals surface area contributed by atoms with Gasteiger partial charge in [0.2, 0.25) is 11.8 Å². The molecule has 0 fully saturated rings. The van der Waals surface area contributed by atoms with Gasteiger partial charge < -0.3 is 10.2 Å². The third-order valence-electron chi connectivity index (χ3n) is 5.09. The zero-order valence-corrected chi connectivity index (χ0v) is 20.3. The lowest BCUT2D eigenvalue weighted by Gasteiger charge is -2.29. The summed E-state index contributed by atoms with van der Waals surface area (Å²) in [7, 11) is 0. The van der Waals surface area contributed by atoms with Crippen molar-refractivity contribution in [2.75, 3.05) is 12.3 Å². The van der Waals surface area contributed by atoms with Gasteiger partial charge in [0, 0.05) is 29.4 Å². The van der Waals surface area contributed by atoms with Gasteiger partial charge in [0.25, 0.3) is 0 Å². The molecule has 0 radical (unpaired) electrons. The van der Waals surface area contributed by atoms with E-state index in [1.807, 2.05) is 62.4 Å². The summed E-state index contributed by atoms with van der Waals surface area (Å²) < 4.78 is 0. The van der Waals surface area contributed by atoms with Gasteiger partial charge in [-0.2, -0.15) is 0 Å². The van der Waals surface area contributed by atoms with Crippen molar-refractivity contribution in [2.45, 2.75) is 63.9 Å². The second-order valence-corrected chi connectivity index (χ2v) is 9.34. The lowest BCUT2D eigenvalue weighted by Crippen LogP contribution is -2.47. The summed E-state index contributed by atoms with van der Waals surface area (Å²) in [5, 5.41) is 3.68. The lowest BCUT2D eigenvalue weighted by molar-refractivity contribution is -0.140. The van der Waals surface area contributed by atoms with Crippen LogP contribution < -0.4 is 5.32 Å². The fourth-order valence-electron chi connectivity index (χ4n) is 3.10. The van der Waals surface area contributed by atoms with Crippen molar-refractivity contribution >= 4 is 35.2 Å². The standard InChI is InChI=1S/C25H33ClN2O2S/c1-4-5-16-27-25(30)20(3)28(18-21-10-8-19(2)9-11-21)24(29)7-6-17-31-23-14-12-22(26)13-15-23/h8-15,20H,4-7,16-18H2,1-3H3,(H,27,30)/t20-/m1/s1. The van der Waals surface area contributed by atoms with Crippen molar-refractivity contribution in [2.24, 2.45) is 0 Å². The van der Waals surface area contributed by atoms with Crippen LogP contribution in [0.5, 0.6) is 0 Å². The molecule has 0 saturated carbocycles. The van der Waals surface area contributed by atoms with Crippen LogP contribution in [0.2, 0.25) is 5.02 Å². The van der Waals surface area contributed by atoms with Gasteiger partial charge in [0.05, 0.1) is 0 Å². The fourth-order valence-corrected chi connectivity index (χ4v) is 4.08. The fraction of sp³-hybridized carbons (Fsp3) is 0.440. The molecule has 0 aliphatic rings. The van der Waals surface area contributed by atoms with E-state index < -0.39 is 6.04 Å². The zero-order valence-electron chi connectivity index (χ0n) is 18.7. The molecule has 6 heteroatoms. The summed E-state index contributed by atoms with van der Waals surface area (Å²) in [6.07, 6.45) is 3.12. The van der Waals surface area contributed by atoms with Gasteiger partial charge in [-0.25, -0.2) is 0 Å². The number of aryl methyl sites for hydroxylation is 1. The van der Waals surface area contributed by atoms with Crippen LogP contribution >= 0.6 is 23.4 Å². The Kier molecular flexibility index (Phi) is 11.0. The molecule has 168 valence electrons. The highest BCUT2D eigenvalue weighted by molar-refractivity contribution is 7.99. The summed E-state index contributed by atoms with van der Waals surface area (Å²) in [5.74, 6) is 0.753. The molecule has 2 aromatic rings. The first kappa shape index (κ1) is 25.3. The minimum Gasteiger partial charge on any atom is -0.354 e. The number of halogens is 1. The van der Waals surface area contributed by atoms with Crippen LogP contribution in [0.3, 0.4) is 0 Å². The molecule has 1 atom stereocenters. The van der Waals surface area contributed by atoms with Crippen molar-refractivity contribution in [3.63, 3.8) is 0 Å². The Morgan fingerprint density at radius 1 is 1.06 bits per heavy atom. The van der Waals surface area contributed by atoms with E-state index in [1.165, 1.54) is 5.56 Å². The molecule has 0 aliphatic heterocycles. The van der Waals surface area contributed by atoms with Gasteiger partial charge in [-0.1, -0.05) is 54.8 Å². The van der Waals surface area contributed by atoms with E-state index in [1.54, 1.807) is 16.7 Å². The molecule has 2 amide bonds. The van der Waals surface area contributed by atoms with Crippen molar-refractivity contribution in [3.8, 4) is 0 Å². The second kappa shape index (κ2) is 13.4. The molecular formula is C25H33ClN2O2S. The molecule has 31 heavy (non-hydrogen) atoms. The van der Waals surface area contributed by atoms with E-state index in [2.05, 4.69) is 12.2 Å². The Labute approximate surface area is 195 Å². The van der Waals surface area contributed by atoms with Crippen molar-refractivity contribution in [1.82, 2.24) is 10.2 Å². The molecule has 0 bridgehead atoms. The van der Waals surface area contributed by atoms with E-state index in [9.17, 15) is 9.59 Å². The first-order chi connectivity index (χ1) is 14.9. The number of unbranched alkanes of at least 4 members (excludes halogenated alkanes) is 1. The number of hydrogen-bond donors (Lipinski definition) is 1. The molecule has 2 rings (SSSR count). The van der Waals surface area contributed by atoms with Crippen LogP contribution in [0.25, 0.3) is 0 Å². The summed E-state index contributed by atoms with van der Waals surface area (Å²) >= 11 is 7.64. The normalized spacial score (nSPS) is 11.7. The Morgan fingerprint density at radius 2 is 1.74 bits per heavy atom. The zero-order chi connectivity index (χ0) is 22.6. The third-order valence-corrected chi connectivity index (χ3v) is 6.44. The SMILES string of the molecule is CCCCNC(=O)[C@@H](C)N(Cc1ccc(C)cc1)C(=O)CCCSc1ccc(Cl)cc1. The minimum absolute atomic E-state index is 0.00965. The topological polar surface area (TPSA) is 49.4 Å². The summed E-state index contributed by atoms with van der Waals surface area (Å²) in [4.78, 5) is 28.5. The van der Waals surface area contributed by atoms with Crippen LogP contribution in [0.1, 0.15) is 50.7 Å². The molecule has 0 saturated heterocycles. The molecule has 0 heterocycles. The number of nitrogens with zero attached hydrogens (tertiary/aromatic N) is 1. The Hall–Kier alpha value is -1.98. The first-order valence-corrected chi connectivity index (χ1v) is 12.3. The van der Waals surface area contributed by atoms with Crippen molar-refractivity contribution in [3.05, 3.63) is 64.7 Å². The molecule has 0 unspecified atom stereocenters. The van der Waals surface area contributed by atoms with Gasteiger partial charge in [-0.05, 0) is 62.3 Å². The van der Waals surface area contributed by atoms with E-state index >= 15 is 0 Å². The number of benzene rings is 2. The van der Waals surface area contributed by atoms with Crippen molar-refractivity contribution < 1.29 is 9.59 Å². The average Bonchev–Trinajstić information content (AvgIpc) is 2.77. The predicted octanol–water partition coefficient (Wildman–Crippen LogP) is 5.85. The summed E-state index contributed by atoms with van der Waals surface area (Å²) in [5.41, 5.74) is 2.20. The maximum absolute atomic E-state index is 13.1. The summed E-state index contributed by atoms with van der Waals surface area (Å²) in [6.45, 7) is 7.02. The van der Waals surface area contributed by atoms with Gasteiger partial charge in [-0.3, -0.25) is 9.59 Å². The van der Waals surface area contributed by atoms with E-state index in [4.69, 9.17) is 11.6 Å². The van der Waals surface area contributed by atoms with Gasteiger partial charge >= 0.3 is 0 Å². The van der Waals surface area contributed by atoms with E-state index in [-0.39, 0.29) is 11.8 Å². The average molecular weight is 461 g/mol. The minimum atomic E-state index is -0.505. The Morgan fingerprint density at radius 3 is 2.39 bits per heavy atom. The highest BCUT2D eigenvalue weighted by Crippen LogP contribution is 2.22. The van der Waals surface area contributed by atoms with Crippen LogP contribution in [0.15, 0.2) is 53.4 Å². The smallest absolute Gasteiger partial charge is 0.242 e. The molecule has 0 aromatic heterocycles. The van der Waals surface area contributed by atoms with Crippen LogP contribution in [0, 0.1) is 6.92 Å². The number of amides is 2. The van der Waals surface area contributed by atoms with Crippen LogP contribution in [0.4, 0.5) is 0 Å². The van der Waals surface area contributed by atoms with Gasteiger partial charge in [0.1, 0.15) is 6.04 Å². The monoisotopic (exact) mass is 460 g/mol. The molecule has 0 spiro atoms.